The van der Waals surface area contributed by atoms with Gasteiger partial charge in [-0.15, -0.1) is 5.10 Å². The maximum absolute atomic E-state index is 12.3. The second-order valence-electron chi connectivity index (χ2n) is 6.66. The summed E-state index contributed by atoms with van der Waals surface area (Å²) < 4.78 is 1.44. The normalized spacial score (nSPS) is 11.6. The van der Waals surface area contributed by atoms with E-state index in [0.29, 0.717) is 6.42 Å². The number of carbonyl (C=O) groups excluding carboxylic acids is 1. The Balaban J connectivity index is 1.52. The molecule has 2 aromatic rings. The largest absolute Gasteiger partial charge is 0.273 e. The first kappa shape index (κ1) is 19.4. The number of benzene rings is 1. The van der Waals surface area contributed by atoms with E-state index in [1.165, 1.54) is 56.0 Å². The molecule has 0 radical (unpaired) electrons. The van der Waals surface area contributed by atoms with Crippen LogP contribution in [0.4, 0.5) is 0 Å². The summed E-state index contributed by atoms with van der Waals surface area (Å²) in [6, 6.07) is 7.59. The van der Waals surface area contributed by atoms with E-state index in [0.717, 1.165) is 23.9 Å². The van der Waals surface area contributed by atoms with Gasteiger partial charge in [-0.3, -0.25) is 4.79 Å². The molecule has 1 aromatic heterocycles. The summed E-state index contributed by atoms with van der Waals surface area (Å²) in [6.45, 7) is 2.24. The third-order valence-corrected chi connectivity index (χ3v) is 4.49. The first-order valence-corrected chi connectivity index (χ1v) is 9.81. The molecule has 0 bridgehead atoms. The molecular weight excluding hydrogens is 310 g/mol. The van der Waals surface area contributed by atoms with Crippen LogP contribution >= 0.6 is 0 Å². The number of nitrogens with zero attached hydrogens (tertiary/aromatic N) is 3. The Morgan fingerprint density at radius 2 is 1.64 bits per heavy atom. The van der Waals surface area contributed by atoms with Gasteiger partial charge in [0.25, 0.3) is 0 Å². The van der Waals surface area contributed by atoms with Crippen LogP contribution in [-0.2, 0) is 0 Å². The van der Waals surface area contributed by atoms with E-state index in [1.807, 2.05) is 24.3 Å². The first-order chi connectivity index (χ1) is 12.3. The summed E-state index contributed by atoms with van der Waals surface area (Å²) in [5, 5.41) is 8.02. The molecule has 0 aliphatic rings. The van der Waals surface area contributed by atoms with Gasteiger partial charge in [-0.2, -0.15) is 4.68 Å². The molecule has 0 N–H and O–H groups in total. The van der Waals surface area contributed by atoms with Crippen LogP contribution in [-0.4, -0.2) is 20.9 Å². The van der Waals surface area contributed by atoms with Crippen LogP contribution in [0.15, 0.2) is 36.4 Å². The lowest BCUT2D eigenvalue weighted by Gasteiger charge is -2.02. The van der Waals surface area contributed by atoms with Crippen molar-refractivity contribution >= 4 is 16.9 Å². The highest BCUT2D eigenvalue weighted by molar-refractivity contribution is 5.88. The summed E-state index contributed by atoms with van der Waals surface area (Å²) >= 11 is 0. The van der Waals surface area contributed by atoms with Gasteiger partial charge in [-0.1, -0.05) is 68.5 Å². The van der Waals surface area contributed by atoms with Crippen LogP contribution in [0.3, 0.4) is 0 Å². The van der Waals surface area contributed by atoms with Crippen molar-refractivity contribution in [2.24, 2.45) is 0 Å². The molecule has 0 fully saturated rings. The zero-order chi connectivity index (χ0) is 17.7. The molecule has 25 heavy (non-hydrogen) atoms. The summed E-state index contributed by atoms with van der Waals surface area (Å²) in [4.78, 5) is 12.3. The Kier molecular flexibility index (Phi) is 8.95. The molecule has 2 rings (SSSR count). The van der Waals surface area contributed by atoms with Gasteiger partial charge in [-0.25, -0.2) is 0 Å². The third-order valence-electron chi connectivity index (χ3n) is 4.49. The summed E-state index contributed by atoms with van der Waals surface area (Å²) in [5.41, 5.74) is 1.58. The fourth-order valence-corrected chi connectivity index (χ4v) is 2.98. The average molecular weight is 341 g/mol. The van der Waals surface area contributed by atoms with Gasteiger partial charge >= 0.3 is 0 Å². The minimum atomic E-state index is 0.0451. The van der Waals surface area contributed by atoms with Crippen molar-refractivity contribution in [3.05, 3.63) is 36.4 Å². The number of aromatic nitrogens is 3. The number of para-hydroxylation sites is 1. The van der Waals surface area contributed by atoms with Crippen molar-refractivity contribution in [1.82, 2.24) is 15.0 Å². The zero-order valence-electron chi connectivity index (χ0n) is 15.5. The topological polar surface area (TPSA) is 47.8 Å². The predicted molar refractivity (Wildman–Crippen MR) is 104 cm³/mol. The molecule has 0 saturated heterocycles. The van der Waals surface area contributed by atoms with E-state index in [1.54, 1.807) is 0 Å². The van der Waals surface area contributed by atoms with Crippen LogP contribution in [0.5, 0.6) is 0 Å². The quantitative estimate of drug-likeness (QED) is 0.354. The van der Waals surface area contributed by atoms with Crippen LogP contribution in [0.25, 0.3) is 11.0 Å². The van der Waals surface area contributed by atoms with E-state index in [2.05, 4.69) is 29.4 Å². The number of rotatable bonds is 12. The second kappa shape index (κ2) is 11.6. The van der Waals surface area contributed by atoms with Crippen LogP contribution in [0.2, 0.25) is 0 Å². The van der Waals surface area contributed by atoms with Gasteiger partial charge in [0.2, 0.25) is 5.91 Å². The van der Waals surface area contributed by atoms with Crippen molar-refractivity contribution in [3.8, 4) is 0 Å². The second-order valence-corrected chi connectivity index (χ2v) is 6.66. The number of unbranched alkanes of at least 4 members (excludes halogenated alkanes) is 8. The smallest absolute Gasteiger partial charge is 0.248 e. The Morgan fingerprint density at radius 1 is 0.960 bits per heavy atom. The highest BCUT2D eigenvalue weighted by atomic mass is 16.2. The van der Waals surface area contributed by atoms with Gasteiger partial charge in [-0.05, 0) is 44.2 Å². The molecule has 0 spiro atoms. The number of fused-ring (bicyclic) bond motifs is 1. The molecule has 4 nitrogen and oxygen atoms in total. The minimum absolute atomic E-state index is 0.0451. The summed E-state index contributed by atoms with van der Waals surface area (Å²) in [5.74, 6) is 0.0451. The van der Waals surface area contributed by atoms with E-state index >= 15 is 0 Å². The zero-order valence-corrected chi connectivity index (χ0v) is 15.5. The lowest BCUT2D eigenvalue weighted by Crippen LogP contribution is -2.12. The lowest BCUT2D eigenvalue weighted by molar-refractivity contribution is 0.0886. The van der Waals surface area contributed by atoms with Crippen molar-refractivity contribution in [2.75, 3.05) is 0 Å². The number of hydrogen-bond acceptors (Lipinski definition) is 3. The standard InChI is InChI=1S/C21H31N3O/c1-2-3-4-5-6-7-8-9-10-11-12-13-18-21(25)24-20-17-15-14-16-19(20)22-23-24/h6-7,14-17H,2-5,8-13,18H2,1H3/b7-6+. The minimum Gasteiger partial charge on any atom is -0.273 e. The molecule has 1 heterocycles. The average Bonchev–Trinajstić information content (AvgIpc) is 3.06. The molecule has 0 saturated carbocycles. The molecule has 0 aliphatic carbocycles. The van der Waals surface area contributed by atoms with Crippen molar-refractivity contribution in [1.29, 1.82) is 0 Å². The molecular formula is C21H31N3O. The van der Waals surface area contributed by atoms with Gasteiger partial charge in [0, 0.05) is 6.42 Å². The summed E-state index contributed by atoms with van der Waals surface area (Å²) in [7, 11) is 0. The van der Waals surface area contributed by atoms with E-state index < -0.39 is 0 Å². The van der Waals surface area contributed by atoms with E-state index in [4.69, 9.17) is 0 Å². The Bertz CT molecular complexity index is 660. The molecule has 0 aliphatic heterocycles. The molecule has 0 atom stereocenters. The molecule has 1 aromatic carbocycles. The molecule has 0 unspecified atom stereocenters. The van der Waals surface area contributed by atoms with Crippen LogP contribution in [0, 0.1) is 0 Å². The summed E-state index contributed by atoms with van der Waals surface area (Å²) in [6.07, 6.45) is 17.3. The van der Waals surface area contributed by atoms with Crippen LogP contribution < -0.4 is 0 Å². The lowest BCUT2D eigenvalue weighted by atomic mass is 10.1. The van der Waals surface area contributed by atoms with Gasteiger partial charge in [0.15, 0.2) is 0 Å². The van der Waals surface area contributed by atoms with E-state index in [9.17, 15) is 4.79 Å². The van der Waals surface area contributed by atoms with Crippen molar-refractivity contribution in [3.63, 3.8) is 0 Å². The third kappa shape index (κ3) is 6.81. The SMILES string of the molecule is CCCCC/C=C/CCCCCCCC(=O)n1nnc2ccccc21. The number of allylic oxidation sites excluding steroid dienone is 2. The van der Waals surface area contributed by atoms with Crippen molar-refractivity contribution in [2.45, 2.75) is 77.6 Å². The highest BCUT2D eigenvalue weighted by Crippen LogP contribution is 2.13. The fraction of sp³-hybridized carbons (Fsp3) is 0.571. The first-order valence-electron chi connectivity index (χ1n) is 9.81. The number of carbonyl (C=O) groups is 1. The number of hydrogen-bond donors (Lipinski definition) is 0. The van der Waals surface area contributed by atoms with Gasteiger partial charge in [0.1, 0.15) is 5.52 Å². The Hall–Kier alpha value is -1.97. The maximum atomic E-state index is 12.3. The monoisotopic (exact) mass is 341 g/mol. The Labute approximate surface area is 151 Å². The predicted octanol–water partition coefficient (Wildman–Crippen LogP) is 5.94. The van der Waals surface area contributed by atoms with Gasteiger partial charge in [0.05, 0.1) is 5.52 Å². The highest BCUT2D eigenvalue weighted by Gasteiger charge is 2.10. The molecule has 136 valence electrons. The van der Waals surface area contributed by atoms with Gasteiger partial charge < -0.3 is 0 Å². The molecule has 0 amide bonds. The van der Waals surface area contributed by atoms with Crippen molar-refractivity contribution < 1.29 is 4.79 Å². The van der Waals surface area contributed by atoms with E-state index in [-0.39, 0.29) is 5.91 Å². The Morgan fingerprint density at radius 3 is 2.44 bits per heavy atom. The maximum Gasteiger partial charge on any atom is 0.248 e. The fourth-order valence-electron chi connectivity index (χ4n) is 2.98. The molecule has 4 heteroatoms. The van der Waals surface area contributed by atoms with Crippen LogP contribution in [0.1, 0.15) is 82.3 Å².